The van der Waals surface area contributed by atoms with Crippen LogP contribution in [0.3, 0.4) is 0 Å². The zero-order chi connectivity index (χ0) is 12.5. The van der Waals surface area contributed by atoms with Gasteiger partial charge in [0, 0.05) is 18.1 Å². The second-order valence-electron chi connectivity index (χ2n) is 4.06. The van der Waals surface area contributed by atoms with Gasteiger partial charge in [-0.1, -0.05) is 18.2 Å². The van der Waals surface area contributed by atoms with Crippen LogP contribution in [0.25, 0.3) is 11.0 Å². The molecule has 18 heavy (non-hydrogen) atoms. The van der Waals surface area contributed by atoms with Crippen LogP contribution in [-0.2, 0) is 6.54 Å². The Morgan fingerprint density at radius 3 is 3.00 bits per heavy atom. The summed E-state index contributed by atoms with van der Waals surface area (Å²) in [6, 6.07) is 7.51. The third kappa shape index (κ3) is 1.62. The molecule has 0 atom stereocenters. The van der Waals surface area contributed by atoms with Crippen LogP contribution >= 0.6 is 0 Å². The fraction of sp³-hybridized carbons (Fsp3) is 0.143. The van der Waals surface area contributed by atoms with Crippen molar-refractivity contribution in [3.63, 3.8) is 0 Å². The largest absolute Gasteiger partial charge is 0.464 e. The first-order valence-corrected chi connectivity index (χ1v) is 5.83. The Morgan fingerprint density at radius 2 is 2.22 bits per heavy atom. The van der Waals surface area contributed by atoms with Gasteiger partial charge in [0.15, 0.2) is 5.78 Å². The number of aromatic nitrogens is 2. The van der Waals surface area contributed by atoms with Crippen molar-refractivity contribution in [2.24, 2.45) is 0 Å². The Balaban J connectivity index is 2.06. The molecular formula is C14H12N2O2. The second kappa shape index (κ2) is 4.14. The number of para-hydroxylation sites is 1. The van der Waals surface area contributed by atoms with E-state index in [1.54, 1.807) is 17.1 Å². The molecule has 90 valence electrons. The summed E-state index contributed by atoms with van der Waals surface area (Å²) in [5, 5.41) is 4.95. The molecule has 0 N–H and O–H groups in total. The maximum absolute atomic E-state index is 12.3. The smallest absolute Gasteiger partial charge is 0.200 e. The van der Waals surface area contributed by atoms with E-state index in [1.807, 2.05) is 31.2 Å². The van der Waals surface area contributed by atoms with Crippen molar-refractivity contribution >= 4 is 16.8 Å². The molecule has 0 saturated carbocycles. The topological polar surface area (TPSA) is 48.0 Å². The number of aryl methyl sites for hydroxylation is 1. The molecule has 0 unspecified atom stereocenters. The van der Waals surface area contributed by atoms with E-state index in [0.29, 0.717) is 11.1 Å². The molecule has 4 heteroatoms. The van der Waals surface area contributed by atoms with E-state index >= 15 is 0 Å². The third-order valence-electron chi connectivity index (χ3n) is 2.95. The molecule has 0 aliphatic rings. The van der Waals surface area contributed by atoms with Crippen LogP contribution in [0.2, 0.25) is 0 Å². The molecule has 0 aliphatic carbocycles. The number of furan rings is 1. The number of ketones is 1. The van der Waals surface area contributed by atoms with E-state index in [-0.39, 0.29) is 5.78 Å². The Kier molecular flexibility index (Phi) is 2.48. The first-order chi connectivity index (χ1) is 8.79. The lowest BCUT2D eigenvalue weighted by atomic mass is 10.1. The molecule has 4 nitrogen and oxygen atoms in total. The van der Waals surface area contributed by atoms with Crippen molar-refractivity contribution in [1.82, 2.24) is 9.78 Å². The van der Waals surface area contributed by atoms with Gasteiger partial charge < -0.3 is 4.42 Å². The number of rotatable bonds is 3. The predicted molar refractivity (Wildman–Crippen MR) is 67.5 cm³/mol. The molecule has 0 amide bonds. The van der Waals surface area contributed by atoms with Crippen LogP contribution in [0.4, 0.5) is 0 Å². The summed E-state index contributed by atoms with van der Waals surface area (Å²) in [6.07, 6.45) is 4.86. The molecule has 0 radical (unpaired) electrons. The van der Waals surface area contributed by atoms with Crippen LogP contribution in [-0.4, -0.2) is 15.6 Å². The highest BCUT2D eigenvalue weighted by molar-refractivity contribution is 6.15. The molecule has 1 aromatic carbocycles. The van der Waals surface area contributed by atoms with Crippen molar-refractivity contribution in [1.29, 1.82) is 0 Å². The summed E-state index contributed by atoms with van der Waals surface area (Å²) >= 11 is 0. The van der Waals surface area contributed by atoms with Gasteiger partial charge in [0.05, 0.1) is 17.3 Å². The van der Waals surface area contributed by atoms with Crippen LogP contribution < -0.4 is 0 Å². The Bertz CT molecular complexity index is 709. The molecule has 0 fully saturated rings. The van der Waals surface area contributed by atoms with Gasteiger partial charge >= 0.3 is 0 Å². The SMILES string of the molecule is CCn1cc(C(=O)c2coc3ccccc23)cn1. The molecular weight excluding hydrogens is 228 g/mol. The maximum atomic E-state index is 12.3. The van der Waals surface area contributed by atoms with Crippen LogP contribution in [0.1, 0.15) is 22.8 Å². The Labute approximate surface area is 104 Å². The van der Waals surface area contributed by atoms with Crippen molar-refractivity contribution in [3.05, 3.63) is 54.0 Å². The average molecular weight is 240 g/mol. The highest BCUT2D eigenvalue weighted by Crippen LogP contribution is 2.23. The number of hydrogen-bond donors (Lipinski definition) is 0. The summed E-state index contributed by atoms with van der Waals surface area (Å²) in [4.78, 5) is 12.3. The quantitative estimate of drug-likeness (QED) is 0.661. The van der Waals surface area contributed by atoms with Crippen molar-refractivity contribution < 1.29 is 9.21 Å². The van der Waals surface area contributed by atoms with Crippen LogP contribution in [0, 0.1) is 0 Å². The van der Waals surface area contributed by atoms with Gasteiger partial charge in [-0.2, -0.15) is 5.10 Å². The number of hydrogen-bond acceptors (Lipinski definition) is 3. The van der Waals surface area contributed by atoms with Gasteiger partial charge in [0.25, 0.3) is 0 Å². The molecule has 3 aromatic rings. The number of fused-ring (bicyclic) bond motifs is 1. The van der Waals surface area contributed by atoms with Crippen LogP contribution in [0.15, 0.2) is 47.3 Å². The fourth-order valence-electron chi connectivity index (χ4n) is 1.96. The Hall–Kier alpha value is -2.36. The van der Waals surface area contributed by atoms with Gasteiger partial charge in [-0.15, -0.1) is 0 Å². The van der Waals surface area contributed by atoms with Crippen molar-refractivity contribution in [2.45, 2.75) is 13.5 Å². The van der Waals surface area contributed by atoms with E-state index in [0.717, 1.165) is 17.5 Å². The lowest BCUT2D eigenvalue weighted by Crippen LogP contribution is -1.99. The summed E-state index contributed by atoms with van der Waals surface area (Å²) < 4.78 is 7.11. The van der Waals surface area contributed by atoms with Gasteiger partial charge in [0.2, 0.25) is 0 Å². The van der Waals surface area contributed by atoms with E-state index in [9.17, 15) is 4.79 Å². The molecule has 0 bridgehead atoms. The van der Waals surface area contributed by atoms with Gasteiger partial charge in [-0.3, -0.25) is 9.48 Å². The zero-order valence-electron chi connectivity index (χ0n) is 9.96. The zero-order valence-corrected chi connectivity index (χ0v) is 9.96. The van der Waals surface area contributed by atoms with Gasteiger partial charge in [0.1, 0.15) is 11.8 Å². The molecule has 2 aromatic heterocycles. The molecule has 3 rings (SSSR count). The Morgan fingerprint density at radius 1 is 1.39 bits per heavy atom. The lowest BCUT2D eigenvalue weighted by Gasteiger charge is -1.94. The van der Waals surface area contributed by atoms with E-state index in [2.05, 4.69) is 5.10 Å². The number of carbonyl (C=O) groups excluding carboxylic acids is 1. The average Bonchev–Trinajstić information content (AvgIpc) is 3.04. The summed E-state index contributed by atoms with van der Waals surface area (Å²) in [5.74, 6) is -0.0559. The molecule has 0 spiro atoms. The molecule has 2 heterocycles. The fourth-order valence-corrected chi connectivity index (χ4v) is 1.96. The van der Waals surface area contributed by atoms with E-state index < -0.39 is 0 Å². The van der Waals surface area contributed by atoms with E-state index in [4.69, 9.17) is 4.42 Å². The summed E-state index contributed by atoms with van der Waals surface area (Å²) in [6.45, 7) is 2.73. The second-order valence-corrected chi connectivity index (χ2v) is 4.06. The first kappa shape index (κ1) is 10.8. The van der Waals surface area contributed by atoms with Crippen molar-refractivity contribution in [3.8, 4) is 0 Å². The molecule has 0 saturated heterocycles. The van der Waals surface area contributed by atoms with Gasteiger partial charge in [-0.25, -0.2) is 0 Å². The highest BCUT2D eigenvalue weighted by Gasteiger charge is 2.16. The minimum absolute atomic E-state index is 0.0559. The number of carbonyl (C=O) groups is 1. The minimum atomic E-state index is -0.0559. The first-order valence-electron chi connectivity index (χ1n) is 5.83. The standard InChI is InChI=1S/C14H12N2O2/c1-2-16-8-10(7-15-16)14(17)12-9-18-13-6-4-3-5-11(12)13/h3-9H,2H2,1H3. The van der Waals surface area contributed by atoms with Gasteiger partial charge in [-0.05, 0) is 13.0 Å². The van der Waals surface area contributed by atoms with Crippen LogP contribution in [0.5, 0.6) is 0 Å². The summed E-state index contributed by atoms with van der Waals surface area (Å²) in [7, 11) is 0. The minimum Gasteiger partial charge on any atom is -0.464 e. The molecule has 0 aliphatic heterocycles. The lowest BCUT2D eigenvalue weighted by molar-refractivity contribution is 0.103. The normalized spacial score (nSPS) is 10.9. The number of nitrogens with zero attached hydrogens (tertiary/aromatic N) is 2. The monoisotopic (exact) mass is 240 g/mol. The number of benzene rings is 1. The summed E-state index contributed by atoms with van der Waals surface area (Å²) in [5.41, 5.74) is 1.90. The van der Waals surface area contributed by atoms with E-state index in [1.165, 1.54) is 6.26 Å². The predicted octanol–water partition coefficient (Wildman–Crippen LogP) is 2.88. The van der Waals surface area contributed by atoms with Crippen molar-refractivity contribution in [2.75, 3.05) is 0 Å². The highest BCUT2D eigenvalue weighted by atomic mass is 16.3. The maximum Gasteiger partial charge on any atom is 0.200 e. The third-order valence-corrected chi connectivity index (χ3v) is 2.95.